The minimum Gasteiger partial charge on any atom is -0.506 e. The molecule has 0 aliphatic carbocycles. The van der Waals surface area contributed by atoms with Gasteiger partial charge in [-0.15, -0.1) is 11.3 Å². The SMILES string of the molecule is CC(=O)NC(CC(=O)N1CCN(c2ccccc2O)CC1)c1cccs1. The van der Waals surface area contributed by atoms with E-state index in [0.717, 1.165) is 10.6 Å². The van der Waals surface area contributed by atoms with E-state index in [1.54, 1.807) is 12.1 Å². The second-order valence-corrected chi connectivity index (χ2v) is 7.31. The number of rotatable bonds is 5. The first kappa shape index (κ1) is 18.3. The predicted octanol–water partition coefficient (Wildman–Crippen LogP) is 2.37. The van der Waals surface area contributed by atoms with Gasteiger partial charge in [0.05, 0.1) is 18.2 Å². The van der Waals surface area contributed by atoms with Gasteiger partial charge in [0, 0.05) is 38.0 Å². The van der Waals surface area contributed by atoms with Crippen molar-refractivity contribution in [3.05, 3.63) is 46.7 Å². The molecule has 2 heterocycles. The molecule has 2 N–H and O–H groups in total. The van der Waals surface area contributed by atoms with Gasteiger partial charge in [-0.25, -0.2) is 0 Å². The number of phenolic OH excluding ortho intramolecular Hbond substituents is 1. The number of piperazine rings is 1. The Balaban J connectivity index is 1.59. The maximum absolute atomic E-state index is 12.7. The Morgan fingerprint density at radius 1 is 1.15 bits per heavy atom. The van der Waals surface area contributed by atoms with Crippen LogP contribution in [0.25, 0.3) is 0 Å². The summed E-state index contributed by atoms with van der Waals surface area (Å²) in [5, 5.41) is 14.8. The second-order valence-electron chi connectivity index (χ2n) is 6.33. The fraction of sp³-hybridized carbons (Fsp3) is 0.368. The fourth-order valence-corrected chi connectivity index (χ4v) is 3.97. The summed E-state index contributed by atoms with van der Waals surface area (Å²) in [6.07, 6.45) is 0.261. The molecule has 1 saturated heterocycles. The van der Waals surface area contributed by atoms with Crippen LogP contribution in [-0.4, -0.2) is 48.0 Å². The van der Waals surface area contributed by atoms with Crippen LogP contribution in [0.1, 0.15) is 24.3 Å². The summed E-state index contributed by atoms with van der Waals surface area (Å²) in [4.78, 5) is 29.1. The quantitative estimate of drug-likeness (QED) is 0.844. The Bertz CT molecular complexity index is 755. The van der Waals surface area contributed by atoms with Gasteiger partial charge in [-0.05, 0) is 23.6 Å². The number of nitrogens with one attached hydrogen (secondary N) is 1. The van der Waals surface area contributed by atoms with Crippen LogP contribution >= 0.6 is 11.3 Å². The molecule has 0 bridgehead atoms. The van der Waals surface area contributed by atoms with E-state index >= 15 is 0 Å². The highest BCUT2D eigenvalue weighted by Crippen LogP contribution is 2.28. The first-order valence-electron chi connectivity index (χ1n) is 8.66. The van der Waals surface area contributed by atoms with E-state index in [-0.39, 0.29) is 30.0 Å². The Hall–Kier alpha value is -2.54. The van der Waals surface area contributed by atoms with E-state index in [4.69, 9.17) is 0 Å². The molecule has 1 fully saturated rings. The molecule has 7 heteroatoms. The number of nitrogens with zero attached hydrogens (tertiary/aromatic N) is 2. The fourth-order valence-electron chi connectivity index (χ4n) is 3.19. The summed E-state index contributed by atoms with van der Waals surface area (Å²) >= 11 is 1.54. The maximum atomic E-state index is 12.7. The zero-order chi connectivity index (χ0) is 18.5. The van der Waals surface area contributed by atoms with E-state index in [1.165, 1.54) is 18.3 Å². The van der Waals surface area contributed by atoms with Crippen molar-refractivity contribution in [3.8, 4) is 5.75 Å². The Labute approximate surface area is 157 Å². The molecule has 1 aliphatic heterocycles. The highest BCUT2D eigenvalue weighted by atomic mass is 32.1. The summed E-state index contributed by atoms with van der Waals surface area (Å²) in [5.74, 6) is 0.158. The molecule has 2 amide bonds. The van der Waals surface area contributed by atoms with Crippen LogP contribution in [0.3, 0.4) is 0 Å². The third-order valence-electron chi connectivity index (χ3n) is 4.50. The molecular weight excluding hydrogens is 350 g/mol. The average Bonchev–Trinajstić information content (AvgIpc) is 3.16. The van der Waals surface area contributed by atoms with Gasteiger partial charge >= 0.3 is 0 Å². The molecule has 2 aromatic rings. The molecule has 6 nitrogen and oxygen atoms in total. The van der Waals surface area contributed by atoms with E-state index in [1.807, 2.05) is 34.5 Å². The normalized spacial score (nSPS) is 15.6. The van der Waals surface area contributed by atoms with Gasteiger partial charge in [0.15, 0.2) is 0 Å². The molecule has 26 heavy (non-hydrogen) atoms. The van der Waals surface area contributed by atoms with Gasteiger partial charge < -0.3 is 20.2 Å². The lowest BCUT2D eigenvalue weighted by atomic mass is 10.1. The average molecular weight is 373 g/mol. The Morgan fingerprint density at radius 2 is 1.88 bits per heavy atom. The highest BCUT2D eigenvalue weighted by molar-refractivity contribution is 7.10. The highest BCUT2D eigenvalue weighted by Gasteiger charge is 2.26. The lowest BCUT2D eigenvalue weighted by Crippen LogP contribution is -2.49. The van der Waals surface area contributed by atoms with Crippen molar-refractivity contribution in [2.45, 2.75) is 19.4 Å². The zero-order valence-corrected chi connectivity index (χ0v) is 15.5. The smallest absolute Gasteiger partial charge is 0.225 e. The number of amides is 2. The summed E-state index contributed by atoms with van der Waals surface area (Å²) in [6, 6.07) is 10.8. The number of hydrogen-bond acceptors (Lipinski definition) is 5. The molecule has 1 aromatic carbocycles. The molecule has 0 radical (unpaired) electrons. The predicted molar refractivity (Wildman–Crippen MR) is 102 cm³/mol. The first-order valence-corrected chi connectivity index (χ1v) is 9.54. The van der Waals surface area contributed by atoms with Gasteiger partial charge in [0.2, 0.25) is 11.8 Å². The van der Waals surface area contributed by atoms with Crippen molar-refractivity contribution >= 4 is 28.8 Å². The third kappa shape index (κ3) is 4.35. The summed E-state index contributed by atoms with van der Waals surface area (Å²) in [7, 11) is 0. The number of hydrogen-bond donors (Lipinski definition) is 2. The Morgan fingerprint density at radius 3 is 2.50 bits per heavy atom. The monoisotopic (exact) mass is 373 g/mol. The first-order chi connectivity index (χ1) is 12.5. The van der Waals surface area contributed by atoms with E-state index in [9.17, 15) is 14.7 Å². The Kier molecular flexibility index (Phi) is 5.78. The summed E-state index contributed by atoms with van der Waals surface area (Å²) in [6.45, 7) is 4.02. The molecule has 0 saturated carbocycles. The third-order valence-corrected chi connectivity index (χ3v) is 5.48. The van der Waals surface area contributed by atoms with Crippen LogP contribution in [0.15, 0.2) is 41.8 Å². The number of aromatic hydroxyl groups is 1. The lowest BCUT2D eigenvalue weighted by molar-refractivity contribution is -0.132. The van der Waals surface area contributed by atoms with Crippen molar-refractivity contribution < 1.29 is 14.7 Å². The molecule has 0 spiro atoms. The van der Waals surface area contributed by atoms with Gasteiger partial charge in [0.25, 0.3) is 0 Å². The molecule has 3 rings (SSSR count). The zero-order valence-electron chi connectivity index (χ0n) is 14.7. The van der Waals surface area contributed by atoms with Crippen LogP contribution < -0.4 is 10.2 Å². The van der Waals surface area contributed by atoms with Gasteiger partial charge in [-0.1, -0.05) is 18.2 Å². The minimum atomic E-state index is -0.281. The van der Waals surface area contributed by atoms with Crippen LogP contribution in [-0.2, 0) is 9.59 Å². The van der Waals surface area contributed by atoms with E-state index in [2.05, 4.69) is 10.2 Å². The van der Waals surface area contributed by atoms with E-state index in [0.29, 0.717) is 26.2 Å². The number of carbonyl (C=O) groups excluding carboxylic acids is 2. The van der Waals surface area contributed by atoms with Crippen molar-refractivity contribution in [2.75, 3.05) is 31.1 Å². The summed E-state index contributed by atoms with van der Waals surface area (Å²) < 4.78 is 0. The van der Waals surface area contributed by atoms with Crippen molar-refractivity contribution in [1.82, 2.24) is 10.2 Å². The van der Waals surface area contributed by atoms with Gasteiger partial charge in [-0.3, -0.25) is 9.59 Å². The number of carbonyl (C=O) groups is 2. The molecule has 1 atom stereocenters. The lowest BCUT2D eigenvalue weighted by Gasteiger charge is -2.36. The molecular formula is C19H23N3O3S. The molecule has 1 aromatic heterocycles. The van der Waals surface area contributed by atoms with Crippen molar-refractivity contribution in [1.29, 1.82) is 0 Å². The second kappa shape index (κ2) is 8.23. The van der Waals surface area contributed by atoms with Gasteiger partial charge in [-0.2, -0.15) is 0 Å². The topological polar surface area (TPSA) is 72.9 Å². The maximum Gasteiger partial charge on any atom is 0.225 e. The van der Waals surface area contributed by atoms with Crippen LogP contribution in [0.4, 0.5) is 5.69 Å². The van der Waals surface area contributed by atoms with Gasteiger partial charge in [0.1, 0.15) is 5.75 Å². The van der Waals surface area contributed by atoms with Crippen LogP contribution in [0, 0.1) is 0 Å². The van der Waals surface area contributed by atoms with Crippen molar-refractivity contribution in [2.24, 2.45) is 0 Å². The summed E-state index contributed by atoms with van der Waals surface area (Å²) in [5.41, 5.74) is 0.800. The molecule has 1 unspecified atom stereocenters. The van der Waals surface area contributed by atoms with Crippen LogP contribution in [0.2, 0.25) is 0 Å². The number of anilines is 1. The standard InChI is InChI=1S/C19H23N3O3S/c1-14(23)20-15(18-7-4-12-26-18)13-19(25)22-10-8-21(9-11-22)16-5-2-3-6-17(16)24/h2-7,12,15,24H,8-11,13H2,1H3,(H,20,23). The molecule has 138 valence electrons. The number of phenols is 1. The van der Waals surface area contributed by atoms with Crippen molar-refractivity contribution in [3.63, 3.8) is 0 Å². The number of thiophene rings is 1. The largest absolute Gasteiger partial charge is 0.506 e. The number of benzene rings is 1. The van der Waals surface area contributed by atoms with E-state index < -0.39 is 0 Å². The number of para-hydroxylation sites is 2. The minimum absolute atomic E-state index is 0.0362. The van der Waals surface area contributed by atoms with Crippen LogP contribution in [0.5, 0.6) is 5.75 Å². The molecule has 1 aliphatic rings.